The van der Waals surface area contributed by atoms with Crippen LogP contribution in [0, 0.1) is 17.3 Å². The van der Waals surface area contributed by atoms with Crippen LogP contribution in [0.3, 0.4) is 0 Å². The number of allylic oxidation sites excluding steroid dienone is 14. The highest BCUT2D eigenvalue weighted by atomic mass is 15.0. The highest BCUT2D eigenvalue weighted by molar-refractivity contribution is 6.11. The van der Waals surface area contributed by atoms with Crippen LogP contribution in [0.5, 0.6) is 0 Å². The lowest BCUT2D eigenvalue weighted by atomic mass is 9.50. The van der Waals surface area contributed by atoms with Crippen molar-refractivity contribution in [2.75, 3.05) is 0 Å². The third-order valence-electron chi connectivity index (χ3n) is 14.1. The van der Waals surface area contributed by atoms with Crippen molar-refractivity contribution in [1.82, 2.24) is 19.5 Å². The Labute approximate surface area is 330 Å². The van der Waals surface area contributed by atoms with E-state index < -0.39 is 0 Å². The SMILES string of the molecule is CC1CC(n2cc3c4c2CCC=C4C2=C(C4C=CC=CC4c4ccccc42)C2(C)CC=CCC32C)=CC=C1c1nc(-c2ccccc2)nc(-c2ccccc2)n1. The molecule has 0 saturated carbocycles. The van der Waals surface area contributed by atoms with Gasteiger partial charge in [-0.25, -0.2) is 15.0 Å². The van der Waals surface area contributed by atoms with E-state index in [0.717, 1.165) is 54.6 Å². The first kappa shape index (κ1) is 33.5. The highest BCUT2D eigenvalue weighted by Crippen LogP contribution is 2.67. The Morgan fingerprint density at radius 1 is 0.696 bits per heavy atom. The second kappa shape index (κ2) is 12.6. The average molecular weight is 727 g/mol. The fraction of sp³-hybridized carbons (Fsp3) is 0.250. The summed E-state index contributed by atoms with van der Waals surface area (Å²) in [6.07, 6.45) is 29.3. The zero-order valence-corrected chi connectivity index (χ0v) is 32.4. The molecule has 0 amide bonds. The number of hydrogen-bond acceptors (Lipinski definition) is 3. The van der Waals surface area contributed by atoms with E-state index in [-0.39, 0.29) is 16.7 Å². The van der Waals surface area contributed by atoms with Gasteiger partial charge in [-0.1, -0.05) is 154 Å². The largest absolute Gasteiger partial charge is 0.324 e. The van der Waals surface area contributed by atoms with Gasteiger partial charge in [0.2, 0.25) is 0 Å². The van der Waals surface area contributed by atoms with Crippen molar-refractivity contribution in [1.29, 1.82) is 0 Å². The first-order chi connectivity index (χ1) is 27.4. The fourth-order valence-corrected chi connectivity index (χ4v) is 11.0. The molecule has 0 spiro atoms. The van der Waals surface area contributed by atoms with Gasteiger partial charge in [-0.2, -0.15) is 0 Å². The summed E-state index contributed by atoms with van der Waals surface area (Å²) in [7, 11) is 0. The van der Waals surface area contributed by atoms with Crippen LogP contribution in [-0.2, 0) is 11.8 Å². The van der Waals surface area contributed by atoms with E-state index in [1.54, 1.807) is 5.57 Å². The van der Waals surface area contributed by atoms with E-state index in [1.807, 2.05) is 36.4 Å². The van der Waals surface area contributed by atoms with Crippen LogP contribution in [0.25, 0.3) is 45.2 Å². The minimum absolute atomic E-state index is 0.0475. The van der Waals surface area contributed by atoms with Crippen LogP contribution >= 0.6 is 0 Å². The Morgan fingerprint density at radius 2 is 1.34 bits per heavy atom. The Bertz CT molecular complexity index is 2610. The highest BCUT2D eigenvalue weighted by Gasteiger charge is 2.56. The molecule has 0 saturated heterocycles. The summed E-state index contributed by atoms with van der Waals surface area (Å²) in [6, 6.07) is 29.8. The summed E-state index contributed by atoms with van der Waals surface area (Å²) in [4.78, 5) is 15.2. The predicted molar refractivity (Wildman–Crippen MR) is 229 cm³/mol. The molecule has 5 unspecified atom stereocenters. The van der Waals surface area contributed by atoms with Crippen molar-refractivity contribution < 1.29 is 0 Å². The van der Waals surface area contributed by atoms with E-state index in [2.05, 4.69) is 135 Å². The molecule has 4 heteroatoms. The Balaban J connectivity index is 1.08. The molecule has 11 rings (SSSR count). The smallest absolute Gasteiger partial charge is 0.164 e. The maximum absolute atomic E-state index is 5.11. The van der Waals surface area contributed by atoms with Crippen molar-refractivity contribution in [2.45, 2.75) is 64.2 Å². The van der Waals surface area contributed by atoms with E-state index in [1.165, 1.54) is 44.8 Å². The Kier molecular flexibility index (Phi) is 7.52. The third kappa shape index (κ3) is 4.81. The van der Waals surface area contributed by atoms with Gasteiger partial charge in [-0.3, -0.25) is 0 Å². The van der Waals surface area contributed by atoms with Gasteiger partial charge >= 0.3 is 0 Å². The molecule has 0 N–H and O–H groups in total. The van der Waals surface area contributed by atoms with Crippen molar-refractivity contribution >= 4 is 22.4 Å². The topological polar surface area (TPSA) is 43.6 Å². The van der Waals surface area contributed by atoms with Crippen LogP contribution < -0.4 is 0 Å². The molecular weight excluding hydrogens is 681 g/mol. The third-order valence-corrected chi connectivity index (χ3v) is 14.1. The van der Waals surface area contributed by atoms with E-state index >= 15 is 0 Å². The van der Waals surface area contributed by atoms with Crippen LogP contribution in [0.1, 0.15) is 86.1 Å². The van der Waals surface area contributed by atoms with Crippen molar-refractivity contribution in [3.8, 4) is 22.8 Å². The predicted octanol–water partition coefficient (Wildman–Crippen LogP) is 12.2. The van der Waals surface area contributed by atoms with Crippen molar-refractivity contribution in [2.24, 2.45) is 17.3 Å². The molecule has 56 heavy (non-hydrogen) atoms. The first-order valence-corrected chi connectivity index (χ1v) is 20.5. The van der Waals surface area contributed by atoms with Crippen LogP contribution in [0.4, 0.5) is 0 Å². The molecule has 4 nitrogen and oxygen atoms in total. The molecule has 0 fully saturated rings. The number of nitrogens with zero attached hydrogens (tertiary/aromatic N) is 4. The summed E-state index contributed by atoms with van der Waals surface area (Å²) in [5, 5.41) is 0. The molecule has 5 atom stereocenters. The molecule has 2 aromatic heterocycles. The lowest BCUT2D eigenvalue weighted by Crippen LogP contribution is -2.46. The zero-order valence-electron chi connectivity index (χ0n) is 32.4. The number of benzene rings is 3. The van der Waals surface area contributed by atoms with E-state index in [4.69, 9.17) is 15.0 Å². The lowest BCUT2D eigenvalue weighted by Gasteiger charge is -2.53. The van der Waals surface area contributed by atoms with Gasteiger partial charge in [0.1, 0.15) is 0 Å². The quantitative estimate of drug-likeness (QED) is 0.173. The summed E-state index contributed by atoms with van der Waals surface area (Å²) >= 11 is 0. The first-order valence-electron chi connectivity index (χ1n) is 20.5. The minimum Gasteiger partial charge on any atom is -0.324 e. The number of rotatable bonds is 4. The lowest BCUT2D eigenvalue weighted by molar-refractivity contribution is 0.179. The molecular formula is C52H46N4. The van der Waals surface area contributed by atoms with Gasteiger partial charge in [0, 0.05) is 62.5 Å². The fourth-order valence-electron chi connectivity index (χ4n) is 11.0. The molecule has 6 aliphatic carbocycles. The molecule has 0 bridgehead atoms. The van der Waals surface area contributed by atoms with Crippen LogP contribution in [-0.4, -0.2) is 19.5 Å². The van der Waals surface area contributed by atoms with Gasteiger partial charge in [-0.15, -0.1) is 0 Å². The summed E-state index contributed by atoms with van der Waals surface area (Å²) in [5.41, 5.74) is 16.4. The molecule has 0 aliphatic heterocycles. The van der Waals surface area contributed by atoms with Crippen LogP contribution in [0.2, 0.25) is 0 Å². The number of fused-ring (bicyclic) bond motifs is 9. The standard InChI is InChI=1S/C52H46N4/c1-33-31-36(27-28-37(33)50-54-48(34-17-6-4-7-18-34)53-49(55-50)35-19-8-5-9-20-35)56-32-43-46-42(25-16-26-44(46)56)45-40-23-12-10-21-38(40)39-22-11-13-24-41(39)47(45)52(3)30-15-14-29-51(43,52)2/h4-15,17-25,27-28,32-33,39,41H,16,26,29-31H2,1-3H3. The molecule has 3 aromatic carbocycles. The summed E-state index contributed by atoms with van der Waals surface area (Å²) < 4.78 is 2.61. The van der Waals surface area contributed by atoms with E-state index in [0.29, 0.717) is 23.5 Å². The molecule has 5 aromatic rings. The van der Waals surface area contributed by atoms with Gasteiger partial charge in [-0.05, 0) is 77.5 Å². The molecule has 6 aliphatic rings. The normalized spacial score (nSPS) is 26.8. The Hall–Kier alpha value is -5.87. The molecule has 2 heterocycles. The van der Waals surface area contributed by atoms with Crippen molar-refractivity contribution in [3.63, 3.8) is 0 Å². The van der Waals surface area contributed by atoms with Gasteiger partial charge < -0.3 is 4.57 Å². The second-order valence-corrected chi connectivity index (χ2v) is 17.1. The molecule has 0 radical (unpaired) electrons. The number of hydrogen-bond donors (Lipinski definition) is 0. The maximum Gasteiger partial charge on any atom is 0.164 e. The van der Waals surface area contributed by atoms with Gasteiger partial charge in [0.25, 0.3) is 0 Å². The molecule has 274 valence electrons. The zero-order chi connectivity index (χ0) is 37.6. The number of aromatic nitrogens is 4. The minimum atomic E-state index is -0.0647. The summed E-state index contributed by atoms with van der Waals surface area (Å²) in [5.74, 6) is 3.12. The average Bonchev–Trinajstić information content (AvgIpc) is 3.63. The Morgan fingerprint density at radius 3 is 2.05 bits per heavy atom. The van der Waals surface area contributed by atoms with Crippen LogP contribution in [0.15, 0.2) is 151 Å². The second-order valence-electron chi connectivity index (χ2n) is 17.1. The van der Waals surface area contributed by atoms with Gasteiger partial charge in [0.15, 0.2) is 17.5 Å². The maximum atomic E-state index is 5.11. The van der Waals surface area contributed by atoms with E-state index in [9.17, 15) is 0 Å². The monoisotopic (exact) mass is 726 g/mol. The van der Waals surface area contributed by atoms with Gasteiger partial charge in [0.05, 0.1) is 0 Å². The van der Waals surface area contributed by atoms with Crippen molar-refractivity contribution in [3.05, 3.63) is 185 Å². The summed E-state index contributed by atoms with van der Waals surface area (Å²) in [6.45, 7) is 7.52.